The molecule has 1 aromatic rings. The number of amides is 2. The standard InChI is InChI=1S/C14H18N2O3/c1-10-7-13(17)16(14(18)8-10)5-6-19-12-4-2-3-11(15)9-12/h2-4,9-10H,5-8,15H2,1H3. The highest BCUT2D eigenvalue weighted by Crippen LogP contribution is 2.19. The summed E-state index contributed by atoms with van der Waals surface area (Å²) in [5.41, 5.74) is 6.26. The van der Waals surface area contributed by atoms with Crippen LogP contribution in [0.15, 0.2) is 24.3 Å². The van der Waals surface area contributed by atoms with Crippen LogP contribution in [-0.2, 0) is 9.59 Å². The lowest BCUT2D eigenvalue weighted by molar-refractivity contribution is -0.150. The van der Waals surface area contributed by atoms with Crippen LogP contribution in [-0.4, -0.2) is 29.9 Å². The highest BCUT2D eigenvalue weighted by Gasteiger charge is 2.29. The molecule has 0 unspecified atom stereocenters. The van der Waals surface area contributed by atoms with E-state index < -0.39 is 0 Å². The Labute approximate surface area is 112 Å². The van der Waals surface area contributed by atoms with Crippen LogP contribution in [0.4, 0.5) is 5.69 Å². The second-order valence-electron chi connectivity index (χ2n) is 4.87. The van der Waals surface area contributed by atoms with E-state index >= 15 is 0 Å². The quantitative estimate of drug-likeness (QED) is 0.658. The fraction of sp³-hybridized carbons (Fsp3) is 0.429. The molecule has 1 aliphatic heterocycles. The first-order chi connectivity index (χ1) is 9.06. The van der Waals surface area contributed by atoms with Gasteiger partial charge < -0.3 is 10.5 Å². The van der Waals surface area contributed by atoms with E-state index in [-0.39, 0.29) is 24.3 Å². The zero-order chi connectivity index (χ0) is 13.8. The Morgan fingerprint density at radius 3 is 2.63 bits per heavy atom. The largest absolute Gasteiger partial charge is 0.492 e. The number of nitrogen functional groups attached to an aromatic ring is 1. The number of hydrogen-bond acceptors (Lipinski definition) is 4. The third kappa shape index (κ3) is 3.47. The molecule has 1 saturated heterocycles. The molecule has 1 heterocycles. The minimum absolute atomic E-state index is 0.111. The van der Waals surface area contributed by atoms with Gasteiger partial charge in [-0.15, -0.1) is 0 Å². The number of imide groups is 1. The van der Waals surface area contributed by atoms with Gasteiger partial charge in [0.05, 0.1) is 6.54 Å². The SMILES string of the molecule is CC1CC(=O)N(CCOc2cccc(N)c2)C(=O)C1. The van der Waals surface area contributed by atoms with Gasteiger partial charge in [0.1, 0.15) is 12.4 Å². The number of nitrogens with zero attached hydrogens (tertiary/aromatic N) is 1. The molecule has 19 heavy (non-hydrogen) atoms. The maximum atomic E-state index is 11.7. The van der Waals surface area contributed by atoms with Crippen molar-refractivity contribution in [3.05, 3.63) is 24.3 Å². The predicted molar refractivity (Wildman–Crippen MR) is 71.5 cm³/mol. The molecule has 1 aliphatic rings. The van der Waals surface area contributed by atoms with E-state index in [1.165, 1.54) is 4.90 Å². The van der Waals surface area contributed by atoms with E-state index in [0.717, 1.165) is 0 Å². The third-order valence-corrected chi connectivity index (χ3v) is 3.09. The molecule has 2 N–H and O–H groups in total. The van der Waals surface area contributed by atoms with Crippen molar-refractivity contribution in [2.45, 2.75) is 19.8 Å². The summed E-state index contributed by atoms with van der Waals surface area (Å²) in [7, 11) is 0. The fourth-order valence-electron chi connectivity index (χ4n) is 2.14. The van der Waals surface area contributed by atoms with Gasteiger partial charge >= 0.3 is 0 Å². The summed E-state index contributed by atoms with van der Waals surface area (Å²) in [4.78, 5) is 24.8. The summed E-state index contributed by atoms with van der Waals surface area (Å²) in [5, 5.41) is 0. The molecule has 1 aromatic carbocycles. The van der Waals surface area contributed by atoms with Gasteiger partial charge in [-0.1, -0.05) is 13.0 Å². The first-order valence-corrected chi connectivity index (χ1v) is 6.38. The number of carbonyl (C=O) groups is 2. The Morgan fingerprint density at radius 2 is 2.00 bits per heavy atom. The molecule has 2 rings (SSSR count). The van der Waals surface area contributed by atoms with Crippen LogP contribution < -0.4 is 10.5 Å². The van der Waals surface area contributed by atoms with Crippen molar-refractivity contribution >= 4 is 17.5 Å². The van der Waals surface area contributed by atoms with Crippen LogP contribution in [0.3, 0.4) is 0 Å². The monoisotopic (exact) mass is 262 g/mol. The number of ether oxygens (including phenoxy) is 1. The van der Waals surface area contributed by atoms with Gasteiger partial charge in [-0.3, -0.25) is 14.5 Å². The van der Waals surface area contributed by atoms with E-state index in [4.69, 9.17) is 10.5 Å². The van der Waals surface area contributed by atoms with Crippen LogP contribution in [0.25, 0.3) is 0 Å². The minimum atomic E-state index is -0.111. The molecule has 5 heteroatoms. The lowest BCUT2D eigenvalue weighted by Crippen LogP contribution is -2.44. The van der Waals surface area contributed by atoms with Gasteiger partial charge in [0.25, 0.3) is 0 Å². The van der Waals surface area contributed by atoms with Crippen molar-refractivity contribution in [3.63, 3.8) is 0 Å². The molecule has 0 aromatic heterocycles. The van der Waals surface area contributed by atoms with Crippen molar-refractivity contribution in [2.75, 3.05) is 18.9 Å². The highest BCUT2D eigenvalue weighted by atomic mass is 16.5. The number of likely N-dealkylation sites (tertiary alicyclic amines) is 1. The van der Waals surface area contributed by atoms with Crippen molar-refractivity contribution in [2.24, 2.45) is 5.92 Å². The van der Waals surface area contributed by atoms with Crippen LogP contribution in [0.5, 0.6) is 5.75 Å². The zero-order valence-corrected chi connectivity index (χ0v) is 11.0. The molecule has 0 atom stereocenters. The molecule has 0 aliphatic carbocycles. The normalized spacial score (nSPS) is 16.8. The fourth-order valence-corrected chi connectivity index (χ4v) is 2.14. The predicted octanol–water partition coefficient (Wildman–Crippen LogP) is 1.43. The minimum Gasteiger partial charge on any atom is -0.492 e. The van der Waals surface area contributed by atoms with E-state index in [0.29, 0.717) is 30.8 Å². The van der Waals surface area contributed by atoms with E-state index in [2.05, 4.69) is 0 Å². The topological polar surface area (TPSA) is 72.6 Å². The molecule has 0 bridgehead atoms. The maximum absolute atomic E-state index is 11.7. The molecule has 5 nitrogen and oxygen atoms in total. The molecular weight excluding hydrogens is 244 g/mol. The summed E-state index contributed by atoms with van der Waals surface area (Å²) >= 11 is 0. The van der Waals surface area contributed by atoms with Gasteiger partial charge in [0.2, 0.25) is 11.8 Å². The molecular formula is C14H18N2O3. The number of benzene rings is 1. The molecule has 0 spiro atoms. The molecule has 102 valence electrons. The van der Waals surface area contributed by atoms with Gasteiger partial charge in [-0.2, -0.15) is 0 Å². The first-order valence-electron chi connectivity index (χ1n) is 6.38. The van der Waals surface area contributed by atoms with Crippen LogP contribution in [0.2, 0.25) is 0 Å². The molecule has 2 amide bonds. The summed E-state index contributed by atoms with van der Waals surface area (Å²) in [6, 6.07) is 7.07. The van der Waals surface area contributed by atoms with E-state index in [1.807, 2.05) is 6.92 Å². The van der Waals surface area contributed by atoms with Crippen molar-refractivity contribution < 1.29 is 14.3 Å². The molecule has 1 fully saturated rings. The first kappa shape index (κ1) is 13.4. The van der Waals surface area contributed by atoms with Gasteiger partial charge in [0.15, 0.2) is 0 Å². The second kappa shape index (κ2) is 5.73. The Morgan fingerprint density at radius 1 is 1.32 bits per heavy atom. The average molecular weight is 262 g/mol. The lowest BCUT2D eigenvalue weighted by atomic mass is 9.98. The second-order valence-corrected chi connectivity index (χ2v) is 4.87. The van der Waals surface area contributed by atoms with Gasteiger partial charge in [0, 0.05) is 24.6 Å². The summed E-state index contributed by atoms with van der Waals surface area (Å²) in [6.45, 7) is 2.49. The third-order valence-electron chi connectivity index (χ3n) is 3.09. The number of hydrogen-bond donors (Lipinski definition) is 1. The lowest BCUT2D eigenvalue weighted by Gasteiger charge is -2.28. The van der Waals surface area contributed by atoms with Crippen molar-refractivity contribution in [3.8, 4) is 5.75 Å². The van der Waals surface area contributed by atoms with Gasteiger partial charge in [-0.05, 0) is 18.1 Å². The zero-order valence-electron chi connectivity index (χ0n) is 11.0. The van der Waals surface area contributed by atoms with E-state index in [1.54, 1.807) is 24.3 Å². The number of piperidine rings is 1. The summed E-state index contributed by atoms with van der Waals surface area (Å²) < 4.78 is 5.49. The van der Waals surface area contributed by atoms with Gasteiger partial charge in [-0.25, -0.2) is 0 Å². The Kier molecular flexibility index (Phi) is 4.04. The number of anilines is 1. The van der Waals surface area contributed by atoms with Crippen LogP contribution in [0.1, 0.15) is 19.8 Å². The maximum Gasteiger partial charge on any atom is 0.229 e. The number of rotatable bonds is 4. The molecule has 0 radical (unpaired) electrons. The summed E-state index contributed by atoms with van der Waals surface area (Å²) in [5.74, 6) is 0.566. The van der Waals surface area contributed by atoms with Crippen molar-refractivity contribution in [1.29, 1.82) is 0 Å². The smallest absolute Gasteiger partial charge is 0.229 e. The summed E-state index contributed by atoms with van der Waals surface area (Å²) in [6.07, 6.45) is 0.869. The number of carbonyl (C=O) groups excluding carboxylic acids is 2. The van der Waals surface area contributed by atoms with E-state index in [9.17, 15) is 9.59 Å². The van der Waals surface area contributed by atoms with Crippen molar-refractivity contribution in [1.82, 2.24) is 4.90 Å². The Balaban J connectivity index is 1.85. The Bertz CT molecular complexity index is 469. The average Bonchev–Trinajstić information content (AvgIpc) is 2.32. The van der Waals surface area contributed by atoms with Crippen LogP contribution in [0, 0.1) is 5.92 Å². The Hall–Kier alpha value is -2.04. The van der Waals surface area contributed by atoms with Crippen LogP contribution >= 0.6 is 0 Å². The highest BCUT2D eigenvalue weighted by molar-refractivity contribution is 5.97. The molecule has 0 saturated carbocycles. The number of nitrogens with two attached hydrogens (primary N) is 1.